The molecular formula is C10H23NSi. The first kappa shape index (κ1) is 10.3. The molecular weight excluding hydrogens is 162 g/mol. The molecule has 1 unspecified atom stereocenters. The standard InChI is InChI=1S/C10H23NSi/c1-5-10-8-6-7-9-11(10)12(2,3)4/h10H,5-9H2,1-4H3. The van der Waals surface area contributed by atoms with Gasteiger partial charge in [-0.3, -0.25) is 0 Å². The van der Waals surface area contributed by atoms with E-state index in [-0.39, 0.29) is 0 Å². The fraction of sp³-hybridized carbons (Fsp3) is 1.00. The molecule has 1 rings (SSSR count). The largest absolute Gasteiger partial charge is 0.321 e. The van der Waals surface area contributed by atoms with Gasteiger partial charge in [0.15, 0.2) is 0 Å². The number of nitrogens with zero attached hydrogens (tertiary/aromatic N) is 1. The fourth-order valence-electron chi connectivity index (χ4n) is 2.31. The second-order valence-corrected chi connectivity index (χ2v) is 9.84. The van der Waals surface area contributed by atoms with Gasteiger partial charge in [-0.05, 0) is 25.8 Å². The third kappa shape index (κ3) is 2.33. The van der Waals surface area contributed by atoms with Gasteiger partial charge in [-0.15, -0.1) is 0 Å². The van der Waals surface area contributed by atoms with Crippen LogP contribution in [0.3, 0.4) is 0 Å². The Balaban J connectivity index is 2.59. The van der Waals surface area contributed by atoms with Crippen LogP contribution in [0.15, 0.2) is 0 Å². The fourth-order valence-corrected chi connectivity index (χ4v) is 4.54. The molecule has 0 bridgehead atoms. The van der Waals surface area contributed by atoms with Gasteiger partial charge in [-0.25, -0.2) is 0 Å². The van der Waals surface area contributed by atoms with E-state index in [2.05, 4.69) is 31.1 Å². The van der Waals surface area contributed by atoms with Crippen molar-refractivity contribution in [3.63, 3.8) is 0 Å². The van der Waals surface area contributed by atoms with Crippen molar-refractivity contribution in [2.75, 3.05) is 6.54 Å². The van der Waals surface area contributed by atoms with Crippen molar-refractivity contribution < 1.29 is 0 Å². The van der Waals surface area contributed by atoms with E-state index in [1.165, 1.54) is 32.2 Å². The average Bonchev–Trinajstić information content (AvgIpc) is 2.03. The summed E-state index contributed by atoms with van der Waals surface area (Å²) in [5.41, 5.74) is 0. The van der Waals surface area contributed by atoms with E-state index >= 15 is 0 Å². The molecule has 1 aliphatic heterocycles. The molecule has 0 N–H and O–H groups in total. The number of rotatable bonds is 2. The Bertz CT molecular complexity index is 139. The van der Waals surface area contributed by atoms with Crippen LogP contribution in [0.5, 0.6) is 0 Å². The smallest absolute Gasteiger partial charge is 0.119 e. The van der Waals surface area contributed by atoms with Crippen LogP contribution in [-0.4, -0.2) is 25.4 Å². The minimum Gasteiger partial charge on any atom is -0.321 e. The maximum Gasteiger partial charge on any atom is 0.119 e. The lowest BCUT2D eigenvalue weighted by Crippen LogP contribution is -2.53. The van der Waals surface area contributed by atoms with E-state index in [9.17, 15) is 0 Å². The van der Waals surface area contributed by atoms with Crippen molar-refractivity contribution >= 4 is 8.24 Å². The lowest BCUT2D eigenvalue weighted by Gasteiger charge is -2.43. The molecule has 0 aliphatic carbocycles. The van der Waals surface area contributed by atoms with Crippen molar-refractivity contribution in [2.24, 2.45) is 0 Å². The van der Waals surface area contributed by atoms with E-state index in [0.29, 0.717) is 0 Å². The molecule has 0 saturated carbocycles. The number of hydrogen-bond donors (Lipinski definition) is 0. The third-order valence-corrected chi connectivity index (χ3v) is 5.27. The van der Waals surface area contributed by atoms with Crippen LogP contribution in [0, 0.1) is 0 Å². The quantitative estimate of drug-likeness (QED) is 0.598. The topological polar surface area (TPSA) is 3.24 Å². The first-order valence-electron chi connectivity index (χ1n) is 5.32. The van der Waals surface area contributed by atoms with Crippen LogP contribution in [0.4, 0.5) is 0 Å². The molecule has 1 aliphatic rings. The van der Waals surface area contributed by atoms with Gasteiger partial charge in [0.2, 0.25) is 0 Å². The SMILES string of the molecule is CCC1CCCCN1[Si](C)(C)C. The highest BCUT2D eigenvalue weighted by Crippen LogP contribution is 2.24. The van der Waals surface area contributed by atoms with Crippen LogP contribution >= 0.6 is 0 Å². The van der Waals surface area contributed by atoms with Crippen molar-refractivity contribution in [3.05, 3.63) is 0 Å². The monoisotopic (exact) mass is 185 g/mol. The highest BCUT2D eigenvalue weighted by atomic mass is 28.3. The van der Waals surface area contributed by atoms with Gasteiger partial charge in [-0.1, -0.05) is 33.0 Å². The summed E-state index contributed by atoms with van der Waals surface area (Å²) in [4.78, 5) is 0. The normalized spacial score (nSPS) is 27.5. The first-order valence-corrected chi connectivity index (χ1v) is 8.77. The summed E-state index contributed by atoms with van der Waals surface area (Å²) in [5, 5.41) is 0. The first-order chi connectivity index (χ1) is 5.55. The molecule has 0 aromatic carbocycles. The Morgan fingerprint density at radius 1 is 1.25 bits per heavy atom. The van der Waals surface area contributed by atoms with Gasteiger partial charge in [0.1, 0.15) is 8.24 Å². The van der Waals surface area contributed by atoms with Gasteiger partial charge < -0.3 is 4.57 Å². The number of hydrogen-bond acceptors (Lipinski definition) is 1. The van der Waals surface area contributed by atoms with Crippen LogP contribution in [0.25, 0.3) is 0 Å². The Morgan fingerprint density at radius 3 is 2.33 bits per heavy atom. The Hall–Kier alpha value is 0.177. The van der Waals surface area contributed by atoms with Crippen LogP contribution < -0.4 is 0 Å². The lowest BCUT2D eigenvalue weighted by atomic mass is 10.0. The van der Waals surface area contributed by atoms with Crippen LogP contribution in [0.1, 0.15) is 32.6 Å². The van der Waals surface area contributed by atoms with E-state index in [1.54, 1.807) is 0 Å². The summed E-state index contributed by atoms with van der Waals surface area (Å²) < 4.78 is 2.82. The Labute approximate surface area is 78.2 Å². The van der Waals surface area contributed by atoms with Crippen molar-refractivity contribution in [1.82, 2.24) is 4.57 Å². The predicted molar refractivity (Wildman–Crippen MR) is 58.0 cm³/mol. The summed E-state index contributed by atoms with van der Waals surface area (Å²) in [6, 6.07) is 0.908. The molecule has 1 fully saturated rings. The molecule has 2 heteroatoms. The Morgan fingerprint density at radius 2 is 1.92 bits per heavy atom. The highest BCUT2D eigenvalue weighted by molar-refractivity contribution is 6.73. The van der Waals surface area contributed by atoms with Gasteiger partial charge in [-0.2, -0.15) is 0 Å². The third-order valence-electron chi connectivity index (χ3n) is 2.96. The molecule has 1 heterocycles. The minimum absolute atomic E-state index is 0.908. The molecule has 72 valence electrons. The summed E-state index contributed by atoms with van der Waals surface area (Å²) in [5.74, 6) is 0. The second-order valence-electron chi connectivity index (χ2n) is 4.92. The van der Waals surface area contributed by atoms with Crippen molar-refractivity contribution in [2.45, 2.75) is 58.3 Å². The van der Waals surface area contributed by atoms with Crippen LogP contribution in [0.2, 0.25) is 19.6 Å². The summed E-state index contributed by atoms with van der Waals surface area (Å²) >= 11 is 0. The van der Waals surface area contributed by atoms with E-state index in [1.807, 2.05) is 0 Å². The van der Waals surface area contributed by atoms with Crippen LogP contribution in [-0.2, 0) is 0 Å². The van der Waals surface area contributed by atoms with E-state index in [0.717, 1.165) is 6.04 Å². The molecule has 12 heavy (non-hydrogen) atoms. The van der Waals surface area contributed by atoms with Crippen molar-refractivity contribution in [1.29, 1.82) is 0 Å². The average molecular weight is 185 g/mol. The highest BCUT2D eigenvalue weighted by Gasteiger charge is 2.30. The number of piperidine rings is 1. The maximum atomic E-state index is 2.82. The molecule has 0 amide bonds. The van der Waals surface area contributed by atoms with Crippen molar-refractivity contribution in [3.8, 4) is 0 Å². The van der Waals surface area contributed by atoms with Gasteiger partial charge in [0.25, 0.3) is 0 Å². The zero-order valence-electron chi connectivity index (χ0n) is 9.06. The van der Waals surface area contributed by atoms with Gasteiger partial charge in [0.05, 0.1) is 0 Å². The zero-order chi connectivity index (χ0) is 9.19. The van der Waals surface area contributed by atoms with E-state index < -0.39 is 8.24 Å². The summed E-state index contributed by atoms with van der Waals surface area (Å²) in [7, 11) is -1.01. The minimum atomic E-state index is -1.01. The molecule has 0 radical (unpaired) electrons. The second kappa shape index (κ2) is 3.92. The maximum absolute atomic E-state index is 2.82. The zero-order valence-corrected chi connectivity index (χ0v) is 10.1. The summed E-state index contributed by atoms with van der Waals surface area (Å²) in [6.07, 6.45) is 5.69. The summed E-state index contributed by atoms with van der Waals surface area (Å²) in [6.45, 7) is 11.1. The van der Waals surface area contributed by atoms with Gasteiger partial charge >= 0.3 is 0 Å². The lowest BCUT2D eigenvalue weighted by molar-refractivity contribution is 0.239. The molecule has 1 nitrogen and oxygen atoms in total. The molecule has 1 atom stereocenters. The predicted octanol–water partition coefficient (Wildman–Crippen LogP) is 3.09. The molecule has 1 saturated heterocycles. The molecule has 0 aromatic rings. The molecule has 0 spiro atoms. The molecule has 0 aromatic heterocycles. The van der Waals surface area contributed by atoms with Gasteiger partial charge in [0, 0.05) is 6.04 Å². The van der Waals surface area contributed by atoms with E-state index in [4.69, 9.17) is 0 Å². The Kier molecular flexibility index (Phi) is 3.35.